The largest absolute Gasteiger partial charge is 0.369 e. The van der Waals surface area contributed by atoms with Crippen molar-refractivity contribution < 1.29 is 0 Å². The zero-order valence-corrected chi connectivity index (χ0v) is 14.2. The van der Waals surface area contributed by atoms with Crippen LogP contribution in [0.2, 0.25) is 0 Å². The number of benzene rings is 2. The van der Waals surface area contributed by atoms with Crippen molar-refractivity contribution in [3.8, 4) is 0 Å². The second kappa shape index (κ2) is 7.16. The molecule has 0 aliphatic carbocycles. The molecule has 0 bridgehead atoms. The van der Waals surface area contributed by atoms with E-state index in [1.165, 1.54) is 22.4 Å². The van der Waals surface area contributed by atoms with Crippen LogP contribution in [0.4, 0.5) is 5.69 Å². The Labute approximate surface area is 139 Å². The van der Waals surface area contributed by atoms with E-state index >= 15 is 0 Å². The predicted molar refractivity (Wildman–Crippen MR) is 97.7 cm³/mol. The van der Waals surface area contributed by atoms with Gasteiger partial charge in [-0.1, -0.05) is 36.4 Å². The zero-order chi connectivity index (χ0) is 16.2. The summed E-state index contributed by atoms with van der Waals surface area (Å²) in [4.78, 5) is 5.02. The number of aryl methyl sites for hydroxylation is 1. The molecule has 3 nitrogen and oxygen atoms in total. The second-order valence-electron chi connectivity index (χ2n) is 6.63. The first-order valence-corrected chi connectivity index (χ1v) is 8.50. The topological polar surface area (TPSA) is 32.5 Å². The van der Waals surface area contributed by atoms with Gasteiger partial charge >= 0.3 is 0 Å². The number of anilines is 1. The van der Waals surface area contributed by atoms with Crippen LogP contribution in [0.5, 0.6) is 0 Å². The number of nitrogens with two attached hydrogens (primary N) is 1. The first-order valence-electron chi connectivity index (χ1n) is 8.50. The molecule has 0 aromatic heterocycles. The third kappa shape index (κ3) is 4.12. The van der Waals surface area contributed by atoms with E-state index < -0.39 is 0 Å². The predicted octanol–water partition coefficient (Wildman–Crippen LogP) is 3.34. The molecule has 1 saturated heterocycles. The summed E-state index contributed by atoms with van der Waals surface area (Å²) in [6.45, 7) is 9.64. The Bertz CT molecular complexity index is 626. The van der Waals surface area contributed by atoms with Gasteiger partial charge in [0, 0.05) is 44.5 Å². The summed E-state index contributed by atoms with van der Waals surface area (Å²) in [6.07, 6.45) is 0. The van der Waals surface area contributed by atoms with E-state index in [0.29, 0.717) is 0 Å². The monoisotopic (exact) mass is 309 g/mol. The molecule has 0 saturated carbocycles. The van der Waals surface area contributed by atoms with Crippen LogP contribution in [-0.4, -0.2) is 31.1 Å². The molecule has 1 heterocycles. The summed E-state index contributed by atoms with van der Waals surface area (Å²) in [6, 6.07) is 17.7. The molecule has 23 heavy (non-hydrogen) atoms. The fraction of sp³-hybridized carbons (Fsp3) is 0.400. The Kier molecular flexibility index (Phi) is 4.99. The van der Waals surface area contributed by atoms with Crippen molar-refractivity contribution >= 4 is 5.69 Å². The normalized spacial score (nSPS) is 17.3. The number of rotatable bonds is 4. The van der Waals surface area contributed by atoms with Gasteiger partial charge in [0.15, 0.2) is 0 Å². The molecule has 2 aromatic rings. The summed E-state index contributed by atoms with van der Waals surface area (Å²) in [5, 5.41) is 0. The Hall–Kier alpha value is -1.84. The molecule has 1 fully saturated rings. The molecule has 1 unspecified atom stereocenters. The lowest BCUT2D eigenvalue weighted by atomic mass is 10.1. The van der Waals surface area contributed by atoms with Gasteiger partial charge in [-0.3, -0.25) is 4.90 Å². The number of hydrogen-bond acceptors (Lipinski definition) is 3. The summed E-state index contributed by atoms with van der Waals surface area (Å²) >= 11 is 0. The maximum atomic E-state index is 5.91. The second-order valence-corrected chi connectivity index (χ2v) is 6.63. The van der Waals surface area contributed by atoms with Gasteiger partial charge in [0.05, 0.1) is 0 Å². The third-order valence-corrected chi connectivity index (χ3v) is 4.65. The van der Waals surface area contributed by atoms with Crippen molar-refractivity contribution in [3.05, 3.63) is 65.2 Å². The van der Waals surface area contributed by atoms with Gasteiger partial charge in [0.2, 0.25) is 0 Å². The number of piperazine rings is 1. The van der Waals surface area contributed by atoms with E-state index in [2.05, 4.69) is 65.3 Å². The average molecular weight is 309 g/mol. The highest BCUT2D eigenvalue weighted by Crippen LogP contribution is 2.19. The molecular formula is C20H27N3. The Morgan fingerprint density at radius 2 is 1.70 bits per heavy atom. The molecule has 2 N–H and O–H groups in total. The molecule has 3 rings (SSSR count). The van der Waals surface area contributed by atoms with Gasteiger partial charge in [-0.25, -0.2) is 0 Å². The van der Waals surface area contributed by atoms with Gasteiger partial charge < -0.3 is 10.6 Å². The number of hydrogen-bond donors (Lipinski definition) is 1. The molecule has 0 amide bonds. The van der Waals surface area contributed by atoms with Crippen molar-refractivity contribution in [1.29, 1.82) is 0 Å². The minimum atomic E-state index is 0.113. The highest BCUT2D eigenvalue weighted by Gasteiger charge is 2.17. The lowest BCUT2D eigenvalue weighted by molar-refractivity contribution is 0.250. The molecule has 122 valence electrons. The van der Waals surface area contributed by atoms with Gasteiger partial charge in [-0.2, -0.15) is 0 Å². The standard InChI is InChI=1S/C20H27N3/c1-16-4-3-5-20(14-16)23-12-10-22(11-13-23)15-18-6-8-19(9-7-18)17(2)21/h3-9,14,17H,10-13,15,21H2,1-2H3. The van der Waals surface area contributed by atoms with Crippen LogP contribution in [-0.2, 0) is 6.54 Å². The Morgan fingerprint density at radius 1 is 1.00 bits per heavy atom. The van der Waals surface area contributed by atoms with Crippen molar-refractivity contribution in [2.24, 2.45) is 5.73 Å². The van der Waals surface area contributed by atoms with Crippen molar-refractivity contribution in [2.75, 3.05) is 31.1 Å². The minimum absolute atomic E-state index is 0.113. The lowest BCUT2D eigenvalue weighted by Crippen LogP contribution is -2.45. The summed E-state index contributed by atoms with van der Waals surface area (Å²) < 4.78 is 0. The third-order valence-electron chi connectivity index (χ3n) is 4.65. The molecule has 3 heteroatoms. The van der Waals surface area contributed by atoms with E-state index in [1.807, 2.05) is 6.92 Å². The minimum Gasteiger partial charge on any atom is -0.369 e. The van der Waals surface area contributed by atoms with Crippen LogP contribution in [0.15, 0.2) is 48.5 Å². The van der Waals surface area contributed by atoms with E-state index in [-0.39, 0.29) is 6.04 Å². The van der Waals surface area contributed by atoms with E-state index in [9.17, 15) is 0 Å². The van der Waals surface area contributed by atoms with E-state index in [4.69, 9.17) is 5.73 Å². The maximum absolute atomic E-state index is 5.91. The molecule has 1 atom stereocenters. The quantitative estimate of drug-likeness (QED) is 0.940. The van der Waals surface area contributed by atoms with Gasteiger partial charge in [0.1, 0.15) is 0 Å². The van der Waals surface area contributed by atoms with Crippen molar-refractivity contribution in [1.82, 2.24) is 4.90 Å². The fourth-order valence-electron chi connectivity index (χ4n) is 3.17. The summed E-state index contributed by atoms with van der Waals surface area (Å²) in [5.41, 5.74) is 11.2. The fourth-order valence-corrected chi connectivity index (χ4v) is 3.17. The molecule has 1 aliphatic heterocycles. The molecule has 2 aromatic carbocycles. The van der Waals surface area contributed by atoms with Crippen LogP contribution >= 0.6 is 0 Å². The van der Waals surface area contributed by atoms with Crippen molar-refractivity contribution in [3.63, 3.8) is 0 Å². The van der Waals surface area contributed by atoms with Crippen LogP contribution in [0.25, 0.3) is 0 Å². The SMILES string of the molecule is Cc1cccc(N2CCN(Cc3ccc(C(C)N)cc3)CC2)c1. The van der Waals surface area contributed by atoms with Crippen LogP contribution in [0, 0.1) is 6.92 Å². The molecule has 0 radical (unpaired) electrons. The first-order chi connectivity index (χ1) is 11.1. The van der Waals surface area contributed by atoms with Crippen LogP contribution in [0.3, 0.4) is 0 Å². The lowest BCUT2D eigenvalue weighted by Gasteiger charge is -2.36. The van der Waals surface area contributed by atoms with E-state index in [0.717, 1.165) is 32.7 Å². The van der Waals surface area contributed by atoms with E-state index in [1.54, 1.807) is 0 Å². The van der Waals surface area contributed by atoms with Crippen molar-refractivity contribution in [2.45, 2.75) is 26.4 Å². The van der Waals surface area contributed by atoms with Crippen LogP contribution < -0.4 is 10.6 Å². The van der Waals surface area contributed by atoms with Gasteiger partial charge in [0.25, 0.3) is 0 Å². The highest BCUT2D eigenvalue weighted by atomic mass is 15.3. The van der Waals surface area contributed by atoms with Gasteiger partial charge in [-0.05, 0) is 42.7 Å². The maximum Gasteiger partial charge on any atom is 0.0369 e. The summed E-state index contributed by atoms with van der Waals surface area (Å²) in [5.74, 6) is 0. The van der Waals surface area contributed by atoms with Crippen LogP contribution in [0.1, 0.15) is 29.7 Å². The Morgan fingerprint density at radius 3 is 2.30 bits per heavy atom. The first kappa shape index (κ1) is 16.0. The Balaban J connectivity index is 1.55. The molecule has 1 aliphatic rings. The smallest absolute Gasteiger partial charge is 0.0369 e. The molecule has 0 spiro atoms. The number of nitrogens with zero attached hydrogens (tertiary/aromatic N) is 2. The summed E-state index contributed by atoms with van der Waals surface area (Å²) in [7, 11) is 0. The van der Waals surface area contributed by atoms with Gasteiger partial charge in [-0.15, -0.1) is 0 Å². The zero-order valence-electron chi connectivity index (χ0n) is 14.2. The average Bonchev–Trinajstić information content (AvgIpc) is 2.56. The highest BCUT2D eigenvalue weighted by molar-refractivity contribution is 5.48. The molecular weight excluding hydrogens is 282 g/mol.